The van der Waals surface area contributed by atoms with E-state index in [9.17, 15) is 4.79 Å². The predicted molar refractivity (Wildman–Crippen MR) is 91.5 cm³/mol. The maximum Gasteiger partial charge on any atom is 0.231 e. The number of nitrogens with two attached hydrogens (primary N) is 1. The monoisotopic (exact) mass is 313 g/mol. The maximum atomic E-state index is 12.6. The van der Waals surface area contributed by atoms with E-state index in [-0.39, 0.29) is 5.91 Å². The van der Waals surface area contributed by atoms with Gasteiger partial charge in [0.25, 0.3) is 0 Å². The van der Waals surface area contributed by atoms with E-state index in [1.165, 1.54) is 0 Å². The smallest absolute Gasteiger partial charge is 0.231 e. The van der Waals surface area contributed by atoms with E-state index in [0.29, 0.717) is 36.6 Å². The number of pyridine rings is 1. The number of carbonyl (C=O) groups excluding carboxylic acids is 1. The average Bonchev–Trinajstić information content (AvgIpc) is 2.58. The summed E-state index contributed by atoms with van der Waals surface area (Å²) in [6.07, 6.45) is 4.75. The minimum absolute atomic E-state index is 0.0499. The van der Waals surface area contributed by atoms with E-state index in [1.54, 1.807) is 30.6 Å². The second-order valence-electron chi connectivity index (χ2n) is 5.46. The van der Waals surface area contributed by atoms with Gasteiger partial charge >= 0.3 is 0 Å². The van der Waals surface area contributed by atoms with Crippen molar-refractivity contribution in [3.8, 4) is 11.5 Å². The zero-order valence-electron chi connectivity index (χ0n) is 13.6. The van der Waals surface area contributed by atoms with Crippen LogP contribution >= 0.6 is 0 Å². The Balaban J connectivity index is 2.12. The fourth-order valence-electron chi connectivity index (χ4n) is 2.40. The number of ether oxygens (including phenoxy) is 1. The van der Waals surface area contributed by atoms with Gasteiger partial charge < -0.3 is 15.8 Å². The minimum atomic E-state index is -0.526. The Morgan fingerprint density at radius 2 is 1.87 bits per heavy atom. The molecule has 0 spiro atoms. The van der Waals surface area contributed by atoms with Gasteiger partial charge in [0.1, 0.15) is 11.5 Å². The maximum absolute atomic E-state index is 12.6. The first kappa shape index (κ1) is 17.0. The van der Waals surface area contributed by atoms with Crippen LogP contribution in [0.4, 0.5) is 5.69 Å². The molecule has 1 aromatic carbocycles. The topological polar surface area (TPSA) is 77.2 Å². The number of carbonyl (C=O) groups is 1. The minimum Gasteiger partial charge on any atom is -0.457 e. The Bertz CT molecular complexity index is 631. The third kappa shape index (κ3) is 4.07. The van der Waals surface area contributed by atoms with Crippen LogP contribution in [0.2, 0.25) is 0 Å². The molecule has 1 aromatic heterocycles. The van der Waals surface area contributed by atoms with E-state index in [1.807, 2.05) is 32.0 Å². The Morgan fingerprint density at radius 3 is 2.48 bits per heavy atom. The van der Waals surface area contributed by atoms with Crippen LogP contribution in [0.25, 0.3) is 0 Å². The molecule has 0 atom stereocenters. The lowest BCUT2D eigenvalue weighted by Gasteiger charge is -2.28. The van der Waals surface area contributed by atoms with Crippen LogP contribution in [0.3, 0.4) is 0 Å². The van der Waals surface area contributed by atoms with Crippen LogP contribution in [0, 0.1) is 5.41 Å². The molecular weight excluding hydrogens is 290 g/mol. The number of anilines is 1. The lowest BCUT2D eigenvalue weighted by atomic mass is 9.81. The summed E-state index contributed by atoms with van der Waals surface area (Å²) in [6, 6.07) is 10.9. The summed E-state index contributed by atoms with van der Waals surface area (Å²) >= 11 is 0. The van der Waals surface area contributed by atoms with Crippen molar-refractivity contribution >= 4 is 11.6 Å². The van der Waals surface area contributed by atoms with Gasteiger partial charge in [-0.15, -0.1) is 0 Å². The number of benzene rings is 1. The Kier molecular flexibility index (Phi) is 5.71. The van der Waals surface area contributed by atoms with Crippen molar-refractivity contribution in [2.45, 2.75) is 26.7 Å². The van der Waals surface area contributed by atoms with Crippen molar-refractivity contribution in [1.29, 1.82) is 0 Å². The number of hydrogen-bond acceptors (Lipinski definition) is 4. The van der Waals surface area contributed by atoms with Gasteiger partial charge in [0.05, 0.1) is 5.41 Å². The van der Waals surface area contributed by atoms with Gasteiger partial charge in [0, 0.05) is 30.7 Å². The second kappa shape index (κ2) is 7.74. The molecule has 0 radical (unpaired) electrons. The number of rotatable bonds is 7. The van der Waals surface area contributed by atoms with Crippen molar-refractivity contribution in [1.82, 2.24) is 4.98 Å². The zero-order valence-corrected chi connectivity index (χ0v) is 13.6. The summed E-state index contributed by atoms with van der Waals surface area (Å²) in [5.74, 6) is 1.30. The van der Waals surface area contributed by atoms with Gasteiger partial charge in [-0.05, 0) is 37.1 Å². The highest BCUT2D eigenvalue weighted by Gasteiger charge is 2.33. The summed E-state index contributed by atoms with van der Waals surface area (Å²) in [6.45, 7) is 4.30. The van der Waals surface area contributed by atoms with E-state index in [2.05, 4.69) is 10.3 Å². The molecule has 0 unspecified atom stereocenters. The summed E-state index contributed by atoms with van der Waals surface area (Å²) in [5.41, 5.74) is 5.99. The quantitative estimate of drug-likeness (QED) is 0.819. The summed E-state index contributed by atoms with van der Waals surface area (Å²) < 4.78 is 5.75. The van der Waals surface area contributed by atoms with Gasteiger partial charge in [0.15, 0.2) is 0 Å². The molecule has 5 heteroatoms. The molecule has 0 aliphatic heterocycles. The summed E-state index contributed by atoms with van der Waals surface area (Å²) in [5, 5.41) is 2.95. The van der Waals surface area contributed by atoms with Crippen LogP contribution in [-0.4, -0.2) is 17.4 Å². The van der Waals surface area contributed by atoms with Gasteiger partial charge in [-0.3, -0.25) is 9.78 Å². The molecule has 0 aliphatic carbocycles. The highest BCUT2D eigenvalue weighted by atomic mass is 16.5. The highest BCUT2D eigenvalue weighted by molar-refractivity contribution is 5.95. The second-order valence-corrected chi connectivity index (χ2v) is 5.46. The molecule has 0 bridgehead atoms. The Hall–Kier alpha value is -2.40. The third-order valence-corrected chi connectivity index (χ3v) is 4.20. The first-order valence-corrected chi connectivity index (χ1v) is 7.83. The van der Waals surface area contributed by atoms with E-state index >= 15 is 0 Å². The number of amides is 1. The van der Waals surface area contributed by atoms with E-state index in [4.69, 9.17) is 10.5 Å². The first-order valence-electron chi connectivity index (χ1n) is 7.83. The highest BCUT2D eigenvalue weighted by Crippen LogP contribution is 2.28. The molecule has 1 heterocycles. The summed E-state index contributed by atoms with van der Waals surface area (Å²) in [7, 11) is 0. The molecule has 0 saturated heterocycles. The van der Waals surface area contributed by atoms with Crippen molar-refractivity contribution in [2.75, 3.05) is 11.9 Å². The van der Waals surface area contributed by atoms with Gasteiger partial charge in [0.2, 0.25) is 5.91 Å². The molecule has 5 nitrogen and oxygen atoms in total. The molecule has 2 aromatic rings. The fraction of sp³-hybridized carbons (Fsp3) is 0.333. The molecule has 2 rings (SSSR count). The van der Waals surface area contributed by atoms with Gasteiger partial charge in [-0.1, -0.05) is 19.9 Å². The fourth-order valence-corrected chi connectivity index (χ4v) is 2.40. The molecular formula is C18H23N3O2. The van der Waals surface area contributed by atoms with Gasteiger partial charge in [-0.2, -0.15) is 0 Å². The van der Waals surface area contributed by atoms with E-state index < -0.39 is 5.41 Å². The van der Waals surface area contributed by atoms with Crippen LogP contribution in [0.5, 0.6) is 11.5 Å². The van der Waals surface area contributed by atoms with Crippen LogP contribution in [0.15, 0.2) is 48.8 Å². The first-order chi connectivity index (χ1) is 11.1. The van der Waals surface area contributed by atoms with Crippen molar-refractivity contribution in [3.05, 3.63) is 48.8 Å². The number of hydrogen-bond donors (Lipinski definition) is 2. The van der Waals surface area contributed by atoms with Crippen molar-refractivity contribution in [2.24, 2.45) is 11.1 Å². The lowest BCUT2D eigenvalue weighted by molar-refractivity contribution is -0.125. The Morgan fingerprint density at radius 1 is 1.17 bits per heavy atom. The van der Waals surface area contributed by atoms with Crippen LogP contribution < -0.4 is 15.8 Å². The van der Waals surface area contributed by atoms with Gasteiger partial charge in [-0.25, -0.2) is 0 Å². The number of nitrogens with zero attached hydrogens (tertiary/aromatic N) is 1. The third-order valence-electron chi connectivity index (χ3n) is 4.20. The molecule has 23 heavy (non-hydrogen) atoms. The van der Waals surface area contributed by atoms with Crippen LogP contribution in [-0.2, 0) is 4.79 Å². The molecule has 122 valence electrons. The normalized spacial score (nSPS) is 11.1. The summed E-state index contributed by atoms with van der Waals surface area (Å²) in [4.78, 5) is 16.5. The predicted octanol–water partition coefficient (Wildman–Crippen LogP) is 3.58. The molecule has 3 N–H and O–H groups in total. The molecule has 0 saturated carbocycles. The molecule has 1 amide bonds. The number of aromatic nitrogens is 1. The molecule has 0 fully saturated rings. The Labute approximate surface area is 136 Å². The van der Waals surface area contributed by atoms with Crippen molar-refractivity contribution < 1.29 is 9.53 Å². The largest absolute Gasteiger partial charge is 0.457 e. The van der Waals surface area contributed by atoms with E-state index in [0.717, 1.165) is 0 Å². The molecule has 0 aliphatic rings. The average molecular weight is 313 g/mol. The lowest BCUT2D eigenvalue weighted by Crippen LogP contribution is -2.41. The standard InChI is InChI=1S/C18H23N3O2/c1-3-18(4-2,13-19)17(22)21-14-6-5-7-16(12-14)23-15-8-10-20-11-9-15/h5-12H,3-4,13,19H2,1-2H3,(H,21,22). The zero-order chi connectivity index (χ0) is 16.7. The van der Waals surface area contributed by atoms with Crippen molar-refractivity contribution in [3.63, 3.8) is 0 Å². The van der Waals surface area contributed by atoms with Crippen LogP contribution in [0.1, 0.15) is 26.7 Å². The number of nitrogens with one attached hydrogen (secondary N) is 1. The SMILES string of the molecule is CCC(CC)(CN)C(=O)Nc1cccc(Oc2ccncc2)c1.